The van der Waals surface area contributed by atoms with Gasteiger partial charge in [0.05, 0.1) is 5.02 Å². The van der Waals surface area contributed by atoms with E-state index in [0.29, 0.717) is 32.8 Å². The fourth-order valence-electron chi connectivity index (χ4n) is 2.70. The van der Waals surface area contributed by atoms with E-state index in [2.05, 4.69) is 10.3 Å². The van der Waals surface area contributed by atoms with E-state index in [1.165, 1.54) is 0 Å². The number of aromatic hydroxyl groups is 1. The monoisotopic (exact) mass is 369 g/mol. The number of fused-ring (bicyclic) bond motifs is 1. The van der Waals surface area contributed by atoms with Gasteiger partial charge in [0.2, 0.25) is 0 Å². The first kappa shape index (κ1) is 15.8. The number of phenols is 1. The molecule has 0 aliphatic heterocycles. The molecule has 4 rings (SSSR count). The molecule has 0 unspecified atom stereocenters. The summed E-state index contributed by atoms with van der Waals surface area (Å²) in [5.74, 6) is 0.854. The van der Waals surface area contributed by atoms with Crippen LogP contribution < -0.4 is 5.32 Å². The first-order chi connectivity index (χ1) is 12.1. The van der Waals surface area contributed by atoms with Gasteiger partial charge in [0.15, 0.2) is 0 Å². The normalized spacial score (nSPS) is 11.0. The Hall–Kier alpha value is -2.69. The van der Waals surface area contributed by atoms with Crippen molar-refractivity contribution in [2.45, 2.75) is 0 Å². The number of para-hydroxylation sites is 1. The molecule has 2 N–H and O–H groups in total. The Morgan fingerprint density at radius 3 is 2.56 bits per heavy atom. The third-order valence-corrected chi connectivity index (χ3v) is 4.29. The Kier molecular flexibility index (Phi) is 3.99. The molecule has 6 heteroatoms. The molecule has 25 heavy (non-hydrogen) atoms. The molecule has 0 amide bonds. The van der Waals surface area contributed by atoms with Crippen LogP contribution in [0.15, 0.2) is 66.9 Å². The van der Waals surface area contributed by atoms with Gasteiger partial charge in [-0.25, -0.2) is 4.98 Å². The predicted molar refractivity (Wildman–Crippen MR) is 102 cm³/mol. The van der Waals surface area contributed by atoms with E-state index in [9.17, 15) is 5.11 Å². The number of benzene rings is 2. The number of aromatic nitrogens is 2. The highest BCUT2D eigenvalue weighted by Crippen LogP contribution is 2.36. The summed E-state index contributed by atoms with van der Waals surface area (Å²) >= 11 is 12.2. The van der Waals surface area contributed by atoms with Crippen molar-refractivity contribution in [3.8, 4) is 17.0 Å². The van der Waals surface area contributed by atoms with Gasteiger partial charge in [-0.05, 0) is 42.5 Å². The van der Waals surface area contributed by atoms with Crippen LogP contribution in [-0.4, -0.2) is 14.5 Å². The molecular weight excluding hydrogens is 357 g/mol. The summed E-state index contributed by atoms with van der Waals surface area (Å²) in [5.41, 5.74) is 2.78. The second kappa shape index (κ2) is 6.31. The maximum atomic E-state index is 10.3. The average Bonchev–Trinajstić information content (AvgIpc) is 2.93. The van der Waals surface area contributed by atoms with E-state index >= 15 is 0 Å². The van der Waals surface area contributed by atoms with Crippen LogP contribution >= 0.6 is 23.2 Å². The van der Waals surface area contributed by atoms with E-state index in [1.54, 1.807) is 24.4 Å². The van der Waals surface area contributed by atoms with Crippen molar-refractivity contribution >= 4 is 40.4 Å². The van der Waals surface area contributed by atoms with Crippen LogP contribution in [0.2, 0.25) is 10.0 Å². The van der Waals surface area contributed by atoms with Crippen molar-refractivity contribution in [1.29, 1.82) is 0 Å². The molecule has 0 saturated carbocycles. The third kappa shape index (κ3) is 3.02. The fourth-order valence-corrected chi connectivity index (χ4v) is 3.05. The number of imidazole rings is 1. The highest BCUT2D eigenvalue weighted by molar-refractivity contribution is 6.31. The number of phenolic OH excluding ortho intramolecular Hbond substituents is 1. The largest absolute Gasteiger partial charge is 0.507 e. The summed E-state index contributed by atoms with van der Waals surface area (Å²) in [7, 11) is 0. The number of anilines is 2. The molecule has 2 aromatic carbocycles. The number of hydrogen-bond acceptors (Lipinski definition) is 3. The molecule has 0 atom stereocenters. The summed E-state index contributed by atoms with van der Waals surface area (Å²) in [4.78, 5) is 4.65. The summed E-state index contributed by atoms with van der Waals surface area (Å²) in [6.07, 6.45) is 1.78. The molecule has 2 aromatic heterocycles. The van der Waals surface area contributed by atoms with E-state index < -0.39 is 0 Å². The zero-order chi connectivity index (χ0) is 17.4. The number of pyridine rings is 1. The Balaban J connectivity index is 1.95. The van der Waals surface area contributed by atoms with Gasteiger partial charge in [0, 0.05) is 22.5 Å². The van der Waals surface area contributed by atoms with E-state index in [4.69, 9.17) is 23.2 Å². The minimum Gasteiger partial charge on any atom is -0.507 e. The van der Waals surface area contributed by atoms with E-state index in [1.807, 2.05) is 46.9 Å². The quantitative estimate of drug-likeness (QED) is 0.482. The molecule has 2 heterocycles. The zero-order valence-corrected chi connectivity index (χ0v) is 14.5. The number of nitrogens with one attached hydrogen (secondary N) is 1. The number of nitrogens with zero attached hydrogens (tertiary/aromatic N) is 2. The van der Waals surface area contributed by atoms with Gasteiger partial charge >= 0.3 is 0 Å². The number of hydrogen-bond donors (Lipinski definition) is 2. The summed E-state index contributed by atoms with van der Waals surface area (Å²) in [6.45, 7) is 0. The van der Waals surface area contributed by atoms with Gasteiger partial charge in [-0.15, -0.1) is 0 Å². The van der Waals surface area contributed by atoms with Crippen LogP contribution in [0.3, 0.4) is 0 Å². The Morgan fingerprint density at radius 1 is 0.920 bits per heavy atom. The van der Waals surface area contributed by atoms with Gasteiger partial charge in [-0.1, -0.05) is 41.4 Å². The van der Waals surface area contributed by atoms with Crippen LogP contribution in [0.4, 0.5) is 11.5 Å². The lowest BCUT2D eigenvalue weighted by molar-refractivity contribution is 0.477. The first-order valence-corrected chi connectivity index (χ1v) is 8.36. The van der Waals surface area contributed by atoms with Crippen molar-refractivity contribution in [3.05, 3.63) is 76.9 Å². The molecule has 124 valence electrons. The lowest BCUT2D eigenvalue weighted by Crippen LogP contribution is -1.97. The highest BCUT2D eigenvalue weighted by atomic mass is 35.5. The van der Waals surface area contributed by atoms with Gasteiger partial charge in [-0.3, -0.25) is 4.40 Å². The lowest BCUT2D eigenvalue weighted by Gasteiger charge is -2.10. The second-order valence-corrected chi connectivity index (χ2v) is 6.41. The maximum absolute atomic E-state index is 10.3. The second-order valence-electron chi connectivity index (χ2n) is 5.54. The lowest BCUT2D eigenvalue weighted by atomic mass is 10.1. The standard InChI is InChI=1S/C19H13Cl2N3O/c20-12-4-3-5-14(10-12)22-19-18(15-6-1-2-7-16(15)25)23-17-9-8-13(21)11-24(17)19/h1-11,22,25H. The van der Waals surface area contributed by atoms with Gasteiger partial charge < -0.3 is 10.4 Å². The molecule has 4 nitrogen and oxygen atoms in total. The van der Waals surface area contributed by atoms with Gasteiger partial charge in [0.25, 0.3) is 0 Å². The molecule has 0 spiro atoms. The van der Waals surface area contributed by atoms with Crippen LogP contribution in [0, 0.1) is 0 Å². The van der Waals surface area contributed by atoms with Crippen LogP contribution in [0.5, 0.6) is 5.75 Å². The summed E-state index contributed by atoms with van der Waals surface area (Å²) in [6, 6.07) is 18.1. The minimum absolute atomic E-state index is 0.158. The summed E-state index contributed by atoms with van der Waals surface area (Å²) in [5, 5.41) is 14.8. The van der Waals surface area contributed by atoms with Gasteiger partial charge in [0.1, 0.15) is 22.9 Å². The zero-order valence-electron chi connectivity index (χ0n) is 12.9. The molecular formula is C19H13Cl2N3O. The van der Waals surface area contributed by atoms with Crippen molar-refractivity contribution in [2.24, 2.45) is 0 Å². The Morgan fingerprint density at radius 2 is 1.76 bits per heavy atom. The van der Waals surface area contributed by atoms with Crippen molar-refractivity contribution in [2.75, 3.05) is 5.32 Å². The number of halogens is 2. The topological polar surface area (TPSA) is 49.6 Å². The first-order valence-electron chi connectivity index (χ1n) is 7.60. The fraction of sp³-hybridized carbons (Fsp3) is 0. The minimum atomic E-state index is 0.158. The molecule has 0 aliphatic rings. The molecule has 0 saturated heterocycles. The van der Waals surface area contributed by atoms with Crippen LogP contribution in [0.1, 0.15) is 0 Å². The molecule has 0 aliphatic carbocycles. The smallest absolute Gasteiger partial charge is 0.143 e. The summed E-state index contributed by atoms with van der Waals surface area (Å²) < 4.78 is 1.85. The SMILES string of the molecule is Oc1ccccc1-c1nc2ccc(Cl)cn2c1Nc1cccc(Cl)c1. The predicted octanol–water partition coefficient (Wildman–Crippen LogP) is 5.76. The van der Waals surface area contributed by atoms with Crippen molar-refractivity contribution < 1.29 is 5.11 Å². The Labute approximate surface area is 154 Å². The average molecular weight is 370 g/mol. The third-order valence-electron chi connectivity index (χ3n) is 3.83. The van der Waals surface area contributed by atoms with Crippen LogP contribution in [-0.2, 0) is 0 Å². The number of rotatable bonds is 3. The van der Waals surface area contributed by atoms with Gasteiger partial charge in [-0.2, -0.15) is 0 Å². The highest BCUT2D eigenvalue weighted by Gasteiger charge is 2.17. The maximum Gasteiger partial charge on any atom is 0.143 e. The molecule has 0 bridgehead atoms. The molecule has 4 aromatic rings. The van der Waals surface area contributed by atoms with Crippen molar-refractivity contribution in [3.63, 3.8) is 0 Å². The van der Waals surface area contributed by atoms with Crippen LogP contribution in [0.25, 0.3) is 16.9 Å². The van der Waals surface area contributed by atoms with E-state index in [0.717, 1.165) is 5.69 Å². The Bertz CT molecular complexity index is 1080. The van der Waals surface area contributed by atoms with E-state index in [-0.39, 0.29) is 5.75 Å². The van der Waals surface area contributed by atoms with Crippen molar-refractivity contribution in [1.82, 2.24) is 9.38 Å². The molecule has 0 radical (unpaired) electrons. The molecule has 0 fully saturated rings.